The number of allylic oxidation sites excluding steroid dienone is 3. The van der Waals surface area contributed by atoms with Gasteiger partial charge >= 0.3 is 0 Å². The fourth-order valence-corrected chi connectivity index (χ4v) is 0.0282. The molecule has 0 aliphatic carbocycles. The van der Waals surface area contributed by atoms with Gasteiger partial charge < -0.3 is 0 Å². The van der Waals surface area contributed by atoms with Gasteiger partial charge in [0.25, 0.3) is 0 Å². The third kappa shape index (κ3) is 53.2. The van der Waals surface area contributed by atoms with Gasteiger partial charge in [0.2, 0.25) is 0 Å². The van der Waals surface area contributed by atoms with Gasteiger partial charge in [-0.2, -0.15) is 5.26 Å². The van der Waals surface area contributed by atoms with Crippen molar-refractivity contribution in [2.24, 2.45) is 0 Å². The first-order valence-electron chi connectivity index (χ1n) is 2.21. The Labute approximate surface area is 54.4 Å². The minimum absolute atomic E-state index is 0.194. The van der Waals surface area contributed by atoms with Crippen LogP contribution in [0.25, 0.3) is 0 Å². The van der Waals surface area contributed by atoms with Gasteiger partial charge in [0.1, 0.15) is 0 Å². The van der Waals surface area contributed by atoms with E-state index >= 15 is 0 Å². The van der Waals surface area contributed by atoms with Crippen molar-refractivity contribution in [2.75, 3.05) is 0 Å². The second-order valence-electron chi connectivity index (χ2n) is 0.893. The van der Waals surface area contributed by atoms with E-state index in [1.54, 1.807) is 12.2 Å². The summed E-state index contributed by atoms with van der Waals surface area (Å²) in [6, 6.07) is 1.46. The summed E-state index contributed by atoms with van der Waals surface area (Å²) in [6.45, 7) is 6.72. The van der Waals surface area contributed by atoms with E-state index in [1.807, 2.05) is 0 Å². The number of hydrogen-bond acceptors (Lipinski definition) is 1. The Balaban J connectivity index is 0. The molecule has 0 amide bonds. The normalized spacial score (nSPS) is 6.67. The SMILES string of the molecule is C=CC=C.N#CC=CF. The zero-order valence-electron chi connectivity index (χ0n) is 5.05. The van der Waals surface area contributed by atoms with Crippen LogP contribution >= 0.6 is 0 Å². The summed E-state index contributed by atoms with van der Waals surface area (Å²) < 4.78 is 10.6. The Morgan fingerprint density at radius 3 is 1.78 bits per heavy atom. The molecule has 0 N–H and O–H groups in total. The third-order valence-corrected chi connectivity index (χ3v) is 0.304. The molecule has 0 saturated heterocycles. The van der Waals surface area contributed by atoms with Crippen LogP contribution in [0, 0.1) is 11.3 Å². The minimum atomic E-state index is 0.194. The molecule has 1 nitrogen and oxygen atoms in total. The first-order valence-corrected chi connectivity index (χ1v) is 2.21. The number of nitriles is 1. The van der Waals surface area contributed by atoms with Crippen molar-refractivity contribution in [3.63, 3.8) is 0 Å². The van der Waals surface area contributed by atoms with Crippen LogP contribution in [0.2, 0.25) is 0 Å². The van der Waals surface area contributed by atoms with Crippen LogP contribution in [0.3, 0.4) is 0 Å². The fourth-order valence-electron chi connectivity index (χ4n) is 0.0282. The third-order valence-electron chi connectivity index (χ3n) is 0.304. The molecule has 0 saturated carbocycles. The Morgan fingerprint density at radius 1 is 1.33 bits per heavy atom. The van der Waals surface area contributed by atoms with E-state index in [9.17, 15) is 4.39 Å². The van der Waals surface area contributed by atoms with E-state index in [2.05, 4.69) is 13.2 Å². The summed E-state index contributed by atoms with van der Waals surface area (Å²) >= 11 is 0. The summed E-state index contributed by atoms with van der Waals surface area (Å²) in [5.41, 5.74) is 0. The molecule has 0 aliphatic rings. The molecule has 0 aromatic carbocycles. The highest BCUT2D eigenvalue weighted by atomic mass is 19.1. The van der Waals surface area contributed by atoms with Crippen LogP contribution in [0.1, 0.15) is 0 Å². The molecular weight excluding hydrogens is 117 g/mol. The van der Waals surface area contributed by atoms with Crippen molar-refractivity contribution >= 4 is 0 Å². The molecule has 0 radical (unpaired) electrons. The maximum absolute atomic E-state index is 10.6. The van der Waals surface area contributed by atoms with E-state index in [0.717, 1.165) is 6.08 Å². The van der Waals surface area contributed by atoms with Gasteiger partial charge in [-0.3, -0.25) is 0 Å². The lowest BCUT2D eigenvalue weighted by atomic mass is 10.6. The predicted octanol–water partition coefficient (Wildman–Crippen LogP) is 2.35. The molecular formula is C7H8FN. The molecule has 0 heterocycles. The summed E-state index contributed by atoms with van der Waals surface area (Å²) in [5, 5.41) is 7.49. The average molecular weight is 125 g/mol. The molecule has 48 valence electrons. The maximum Gasteiger partial charge on any atom is 0.0971 e. The lowest BCUT2D eigenvalue weighted by Gasteiger charge is -1.44. The predicted molar refractivity (Wildman–Crippen MR) is 36.3 cm³/mol. The highest BCUT2D eigenvalue weighted by Crippen LogP contribution is 1.63. The van der Waals surface area contributed by atoms with Crippen LogP contribution in [0.4, 0.5) is 4.39 Å². The topological polar surface area (TPSA) is 23.8 Å². The standard InChI is InChI=1S/C4H6.C3H2FN/c1-3-4-2;4-2-1-3-5/h3-4H,1-2H2;1-2H. The van der Waals surface area contributed by atoms with Crippen molar-refractivity contribution in [3.8, 4) is 6.07 Å². The minimum Gasteiger partial charge on any atom is -0.215 e. The van der Waals surface area contributed by atoms with Crippen LogP contribution in [0.5, 0.6) is 0 Å². The van der Waals surface area contributed by atoms with E-state index in [-0.39, 0.29) is 6.33 Å². The van der Waals surface area contributed by atoms with E-state index in [1.165, 1.54) is 6.07 Å². The highest BCUT2D eigenvalue weighted by molar-refractivity contribution is 4.96. The molecule has 0 spiro atoms. The Hall–Kier alpha value is -1.36. The summed E-state index contributed by atoms with van der Waals surface area (Å²) in [4.78, 5) is 0. The number of rotatable bonds is 1. The Bertz CT molecular complexity index is 124. The van der Waals surface area contributed by atoms with Gasteiger partial charge in [0.05, 0.1) is 12.4 Å². The van der Waals surface area contributed by atoms with Crippen LogP contribution in [-0.2, 0) is 0 Å². The Kier molecular flexibility index (Phi) is 18.8. The van der Waals surface area contributed by atoms with Crippen molar-refractivity contribution in [2.45, 2.75) is 0 Å². The quantitative estimate of drug-likeness (QED) is 0.390. The second-order valence-corrected chi connectivity index (χ2v) is 0.893. The molecule has 0 aromatic rings. The van der Waals surface area contributed by atoms with E-state index < -0.39 is 0 Å². The van der Waals surface area contributed by atoms with Gasteiger partial charge in [0, 0.05) is 6.08 Å². The van der Waals surface area contributed by atoms with Gasteiger partial charge in [-0.15, -0.1) is 0 Å². The lowest BCUT2D eigenvalue weighted by molar-refractivity contribution is 0.722. The molecule has 0 unspecified atom stereocenters. The van der Waals surface area contributed by atoms with Crippen LogP contribution in [0.15, 0.2) is 37.7 Å². The van der Waals surface area contributed by atoms with Crippen molar-refractivity contribution < 1.29 is 4.39 Å². The average Bonchev–Trinajstić information content (AvgIpc) is 1.91. The molecule has 0 aliphatic heterocycles. The van der Waals surface area contributed by atoms with Crippen LogP contribution in [-0.4, -0.2) is 0 Å². The molecule has 0 rings (SSSR count). The van der Waals surface area contributed by atoms with Gasteiger partial charge in [-0.05, 0) is 0 Å². The van der Waals surface area contributed by atoms with Crippen molar-refractivity contribution in [3.05, 3.63) is 37.7 Å². The molecule has 0 atom stereocenters. The molecule has 0 fully saturated rings. The zero-order valence-corrected chi connectivity index (χ0v) is 5.05. The first-order chi connectivity index (χ1) is 4.33. The van der Waals surface area contributed by atoms with Gasteiger partial charge in [-0.25, -0.2) is 4.39 Å². The zero-order chi connectivity index (χ0) is 7.54. The number of halogens is 1. The Morgan fingerprint density at radius 2 is 1.78 bits per heavy atom. The van der Waals surface area contributed by atoms with E-state index in [0.29, 0.717) is 0 Å². The fraction of sp³-hybridized carbons (Fsp3) is 0. The lowest BCUT2D eigenvalue weighted by Crippen LogP contribution is -1.32. The van der Waals surface area contributed by atoms with Gasteiger partial charge in [0.15, 0.2) is 0 Å². The second kappa shape index (κ2) is 15.9. The number of nitrogens with zero attached hydrogens (tertiary/aromatic N) is 1. The highest BCUT2D eigenvalue weighted by Gasteiger charge is 1.49. The summed E-state index contributed by atoms with van der Waals surface area (Å²) in [6.07, 6.45) is 4.24. The molecule has 2 heteroatoms. The van der Waals surface area contributed by atoms with Crippen molar-refractivity contribution in [1.82, 2.24) is 0 Å². The molecule has 0 aromatic heterocycles. The summed E-state index contributed by atoms with van der Waals surface area (Å²) in [7, 11) is 0. The molecule has 9 heavy (non-hydrogen) atoms. The first kappa shape index (κ1) is 10.6. The maximum atomic E-state index is 10.6. The smallest absolute Gasteiger partial charge is 0.0971 e. The molecule has 0 bridgehead atoms. The summed E-state index contributed by atoms with van der Waals surface area (Å²) in [5.74, 6) is 0. The largest absolute Gasteiger partial charge is 0.215 e. The van der Waals surface area contributed by atoms with Crippen molar-refractivity contribution in [1.29, 1.82) is 5.26 Å². The van der Waals surface area contributed by atoms with E-state index in [4.69, 9.17) is 5.26 Å². The number of hydrogen-bond donors (Lipinski definition) is 0. The van der Waals surface area contributed by atoms with Crippen LogP contribution < -0.4 is 0 Å². The van der Waals surface area contributed by atoms with Gasteiger partial charge in [-0.1, -0.05) is 25.3 Å². The monoisotopic (exact) mass is 125 g/mol.